The molecule has 1 aromatic carbocycles. The summed E-state index contributed by atoms with van der Waals surface area (Å²) in [4.78, 5) is 0. The van der Waals surface area contributed by atoms with Gasteiger partial charge in [0.25, 0.3) is 0 Å². The fourth-order valence-corrected chi connectivity index (χ4v) is 2.36. The zero-order chi connectivity index (χ0) is 10.8. The molecule has 3 N–H and O–H groups in total. The van der Waals surface area contributed by atoms with Gasteiger partial charge in [-0.15, -0.1) is 0 Å². The highest BCUT2D eigenvalue weighted by atomic mass is 16.3. The van der Waals surface area contributed by atoms with E-state index in [0.717, 1.165) is 19.3 Å². The van der Waals surface area contributed by atoms with Crippen LogP contribution in [0.2, 0.25) is 0 Å². The molecule has 2 heteroatoms. The third-order valence-electron chi connectivity index (χ3n) is 3.31. The van der Waals surface area contributed by atoms with Gasteiger partial charge in [0, 0.05) is 6.04 Å². The number of aliphatic hydroxyl groups excluding tert-OH is 1. The van der Waals surface area contributed by atoms with Gasteiger partial charge in [-0.2, -0.15) is 0 Å². The van der Waals surface area contributed by atoms with Crippen LogP contribution in [0.5, 0.6) is 0 Å². The Morgan fingerprint density at radius 3 is 2.80 bits per heavy atom. The van der Waals surface area contributed by atoms with Gasteiger partial charge in [-0.1, -0.05) is 24.3 Å². The van der Waals surface area contributed by atoms with Crippen molar-refractivity contribution >= 4 is 0 Å². The van der Waals surface area contributed by atoms with Crippen molar-refractivity contribution in [2.24, 2.45) is 5.73 Å². The minimum Gasteiger partial charge on any atom is -0.393 e. The predicted molar refractivity (Wildman–Crippen MR) is 61.6 cm³/mol. The van der Waals surface area contributed by atoms with Gasteiger partial charge in [0.1, 0.15) is 0 Å². The lowest BCUT2D eigenvalue weighted by Gasteiger charge is -2.13. The Kier molecular flexibility index (Phi) is 3.08. The van der Waals surface area contributed by atoms with Gasteiger partial charge in [-0.05, 0) is 43.2 Å². The number of hydrogen-bond acceptors (Lipinski definition) is 2. The Labute approximate surface area is 91.1 Å². The van der Waals surface area contributed by atoms with E-state index in [4.69, 9.17) is 5.73 Å². The van der Waals surface area contributed by atoms with E-state index >= 15 is 0 Å². The second kappa shape index (κ2) is 4.33. The summed E-state index contributed by atoms with van der Waals surface area (Å²) in [5.41, 5.74) is 8.38. The van der Waals surface area contributed by atoms with E-state index < -0.39 is 0 Å². The molecule has 0 heterocycles. The monoisotopic (exact) mass is 205 g/mol. The molecular formula is C13H19NO. The van der Waals surface area contributed by atoms with E-state index in [0.29, 0.717) is 5.92 Å². The normalized spacial score (nSPS) is 27.9. The molecule has 2 rings (SSSR count). The molecule has 1 aromatic rings. The zero-order valence-electron chi connectivity index (χ0n) is 9.19. The zero-order valence-corrected chi connectivity index (χ0v) is 9.19. The second-order valence-corrected chi connectivity index (χ2v) is 4.62. The van der Waals surface area contributed by atoms with Gasteiger partial charge in [0.05, 0.1) is 6.10 Å². The van der Waals surface area contributed by atoms with E-state index in [-0.39, 0.29) is 12.1 Å². The second-order valence-electron chi connectivity index (χ2n) is 4.62. The predicted octanol–water partition coefficient (Wildman–Crippen LogP) is 2.33. The van der Waals surface area contributed by atoms with E-state index in [1.807, 2.05) is 6.92 Å². The first-order valence-corrected chi connectivity index (χ1v) is 5.70. The van der Waals surface area contributed by atoms with Crippen molar-refractivity contribution in [3.05, 3.63) is 35.4 Å². The lowest BCUT2D eigenvalue weighted by molar-refractivity contribution is 0.181. The van der Waals surface area contributed by atoms with Gasteiger partial charge in [0.15, 0.2) is 0 Å². The highest BCUT2D eigenvalue weighted by molar-refractivity contribution is 5.28. The molecule has 0 bridgehead atoms. The van der Waals surface area contributed by atoms with Crippen LogP contribution in [0.3, 0.4) is 0 Å². The van der Waals surface area contributed by atoms with Crippen LogP contribution in [0.15, 0.2) is 24.3 Å². The van der Waals surface area contributed by atoms with Crippen LogP contribution >= 0.6 is 0 Å². The Balaban J connectivity index is 2.18. The first kappa shape index (κ1) is 10.7. The van der Waals surface area contributed by atoms with Crippen LogP contribution in [0.25, 0.3) is 0 Å². The molecule has 1 saturated carbocycles. The Bertz CT molecular complexity index is 335. The van der Waals surface area contributed by atoms with Crippen molar-refractivity contribution < 1.29 is 5.11 Å². The third-order valence-corrected chi connectivity index (χ3v) is 3.31. The lowest BCUT2D eigenvalue weighted by atomic mass is 9.94. The van der Waals surface area contributed by atoms with E-state index in [9.17, 15) is 5.11 Å². The summed E-state index contributed by atoms with van der Waals surface area (Å²) in [5.74, 6) is 0.527. The van der Waals surface area contributed by atoms with Gasteiger partial charge in [-0.25, -0.2) is 0 Å². The molecule has 0 radical (unpaired) electrons. The third kappa shape index (κ3) is 2.39. The number of hydrogen-bond donors (Lipinski definition) is 2. The van der Waals surface area contributed by atoms with Crippen molar-refractivity contribution in [1.29, 1.82) is 0 Å². The van der Waals surface area contributed by atoms with Crippen LogP contribution in [0.1, 0.15) is 49.3 Å². The quantitative estimate of drug-likeness (QED) is 0.778. The number of aliphatic hydroxyl groups is 1. The lowest BCUT2D eigenvalue weighted by Crippen LogP contribution is -2.06. The van der Waals surface area contributed by atoms with Gasteiger partial charge in [-0.3, -0.25) is 0 Å². The number of benzene rings is 1. The van der Waals surface area contributed by atoms with Crippen molar-refractivity contribution in [2.75, 3.05) is 0 Å². The van der Waals surface area contributed by atoms with Crippen LogP contribution in [0.4, 0.5) is 0 Å². The fraction of sp³-hybridized carbons (Fsp3) is 0.538. The minimum absolute atomic E-state index is 0.0938. The van der Waals surface area contributed by atoms with E-state index in [2.05, 4.69) is 24.3 Å². The molecule has 1 aliphatic carbocycles. The van der Waals surface area contributed by atoms with Crippen molar-refractivity contribution in [1.82, 2.24) is 0 Å². The number of nitrogens with two attached hydrogens (primary N) is 1. The maximum atomic E-state index is 9.51. The summed E-state index contributed by atoms with van der Waals surface area (Å²) >= 11 is 0. The molecule has 0 aliphatic heterocycles. The van der Waals surface area contributed by atoms with Crippen molar-refractivity contribution in [3.8, 4) is 0 Å². The number of rotatable bonds is 2. The molecule has 15 heavy (non-hydrogen) atoms. The summed E-state index contributed by atoms with van der Waals surface area (Å²) in [6.07, 6.45) is 2.84. The molecule has 3 atom stereocenters. The average Bonchev–Trinajstić information content (AvgIpc) is 2.65. The Hall–Kier alpha value is -0.860. The maximum absolute atomic E-state index is 9.51. The summed E-state index contributed by atoms with van der Waals surface area (Å²) in [7, 11) is 0. The fourth-order valence-electron chi connectivity index (χ4n) is 2.36. The molecule has 1 aliphatic rings. The first-order chi connectivity index (χ1) is 7.16. The minimum atomic E-state index is -0.103. The average molecular weight is 205 g/mol. The Morgan fingerprint density at radius 2 is 2.20 bits per heavy atom. The van der Waals surface area contributed by atoms with Crippen LogP contribution in [0, 0.1) is 0 Å². The maximum Gasteiger partial charge on any atom is 0.0546 e. The van der Waals surface area contributed by atoms with Gasteiger partial charge < -0.3 is 10.8 Å². The van der Waals surface area contributed by atoms with Gasteiger partial charge in [0.2, 0.25) is 0 Å². The standard InChI is InChI=1S/C13H19NO/c1-9(14)10-3-2-4-11(7-10)12-5-6-13(15)8-12/h2-4,7,9,12-13,15H,5-6,8,14H2,1H3. The Morgan fingerprint density at radius 1 is 1.40 bits per heavy atom. The van der Waals surface area contributed by atoms with Crippen molar-refractivity contribution in [2.45, 2.75) is 44.2 Å². The highest BCUT2D eigenvalue weighted by Crippen LogP contribution is 2.34. The molecular weight excluding hydrogens is 186 g/mol. The molecule has 1 fully saturated rings. The van der Waals surface area contributed by atoms with Gasteiger partial charge >= 0.3 is 0 Å². The first-order valence-electron chi connectivity index (χ1n) is 5.70. The SMILES string of the molecule is CC(N)c1cccc(C2CCC(O)C2)c1. The molecule has 2 nitrogen and oxygen atoms in total. The largest absolute Gasteiger partial charge is 0.393 e. The molecule has 0 amide bonds. The molecule has 82 valence electrons. The van der Waals surface area contributed by atoms with E-state index in [1.165, 1.54) is 11.1 Å². The van der Waals surface area contributed by atoms with Crippen LogP contribution < -0.4 is 5.73 Å². The van der Waals surface area contributed by atoms with E-state index in [1.54, 1.807) is 0 Å². The van der Waals surface area contributed by atoms with Crippen LogP contribution in [-0.4, -0.2) is 11.2 Å². The van der Waals surface area contributed by atoms with Crippen molar-refractivity contribution in [3.63, 3.8) is 0 Å². The summed E-state index contributed by atoms with van der Waals surface area (Å²) in [5, 5.41) is 9.51. The van der Waals surface area contributed by atoms with Crippen LogP contribution in [-0.2, 0) is 0 Å². The topological polar surface area (TPSA) is 46.2 Å². The molecule has 0 spiro atoms. The molecule has 0 saturated heterocycles. The molecule has 0 aromatic heterocycles. The summed E-state index contributed by atoms with van der Waals surface area (Å²) < 4.78 is 0. The summed E-state index contributed by atoms with van der Waals surface area (Å²) in [6.45, 7) is 2.00. The molecule has 3 unspecified atom stereocenters. The highest BCUT2D eigenvalue weighted by Gasteiger charge is 2.24. The summed E-state index contributed by atoms with van der Waals surface area (Å²) in [6, 6.07) is 8.57. The smallest absolute Gasteiger partial charge is 0.0546 e.